The standard InChI is InChI=1S/C9H12Cl2O2/c1-13-8-5-3-2-4-6(8)9(10,11)7(8)12/h6H,2-5H2,1H3. The normalized spacial score (nSPS) is 42.4. The Hall–Kier alpha value is 0.210. The first-order valence-corrected chi connectivity index (χ1v) is 5.29. The lowest BCUT2D eigenvalue weighted by Gasteiger charge is -2.56. The van der Waals surface area contributed by atoms with Crippen LogP contribution in [0.15, 0.2) is 0 Å². The molecule has 4 heteroatoms. The zero-order valence-electron chi connectivity index (χ0n) is 7.48. The quantitative estimate of drug-likeness (QED) is 0.637. The molecule has 2 saturated carbocycles. The fraction of sp³-hybridized carbons (Fsp3) is 0.889. The molecule has 2 fully saturated rings. The van der Waals surface area contributed by atoms with Crippen LogP contribution in [0.3, 0.4) is 0 Å². The minimum absolute atomic E-state index is 0.00502. The average molecular weight is 223 g/mol. The highest BCUT2D eigenvalue weighted by atomic mass is 35.5. The largest absolute Gasteiger partial charge is 0.370 e. The lowest BCUT2D eigenvalue weighted by atomic mass is 9.60. The molecule has 74 valence electrons. The van der Waals surface area contributed by atoms with E-state index in [1.165, 1.54) is 0 Å². The van der Waals surface area contributed by atoms with E-state index >= 15 is 0 Å². The van der Waals surface area contributed by atoms with Gasteiger partial charge < -0.3 is 4.74 Å². The summed E-state index contributed by atoms with van der Waals surface area (Å²) in [7, 11) is 1.57. The number of fused-ring (bicyclic) bond motifs is 1. The van der Waals surface area contributed by atoms with Gasteiger partial charge in [-0.05, 0) is 12.8 Å². The van der Waals surface area contributed by atoms with Gasteiger partial charge in [-0.15, -0.1) is 0 Å². The Morgan fingerprint density at radius 3 is 2.69 bits per heavy atom. The second kappa shape index (κ2) is 2.85. The van der Waals surface area contributed by atoms with Crippen LogP contribution >= 0.6 is 23.2 Å². The minimum atomic E-state index is -1.18. The molecule has 0 saturated heterocycles. The summed E-state index contributed by atoms with van der Waals surface area (Å²) in [4.78, 5) is 11.7. The SMILES string of the molecule is COC12CCCCC1C(Cl)(Cl)C2=O. The van der Waals surface area contributed by atoms with Crippen molar-refractivity contribution in [1.82, 2.24) is 0 Å². The molecule has 0 radical (unpaired) electrons. The first kappa shape index (κ1) is 9.75. The van der Waals surface area contributed by atoms with Crippen LogP contribution in [-0.4, -0.2) is 22.8 Å². The summed E-state index contributed by atoms with van der Waals surface area (Å²) in [6.45, 7) is 0. The van der Waals surface area contributed by atoms with Gasteiger partial charge in [-0.3, -0.25) is 4.79 Å². The summed E-state index contributed by atoms with van der Waals surface area (Å²) >= 11 is 11.9. The Morgan fingerprint density at radius 2 is 2.15 bits per heavy atom. The van der Waals surface area contributed by atoms with E-state index in [1.807, 2.05) is 0 Å². The number of carbonyl (C=O) groups is 1. The number of ether oxygens (including phenoxy) is 1. The molecular formula is C9H12Cl2O2. The van der Waals surface area contributed by atoms with Crippen LogP contribution < -0.4 is 0 Å². The molecule has 2 atom stereocenters. The number of ketones is 1. The smallest absolute Gasteiger partial charge is 0.201 e. The molecule has 0 heterocycles. The number of methoxy groups -OCH3 is 1. The zero-order valence-corrected chi connectivity index (χ0v) is 8.99. The molecule has 0 aromatic rings. The van der Waals surface area contributed by atoms with Gasteiger partial charge in [0, 0.05) is 13.0 Å². The van der Waals surface area contributed by atoms with Gasteiger partial charge in [0.05, 0.1) is 0 Å². The highest BCUT2D eigenvalue weighted by molar-refractivity contribution is 6.61. The number of alkyl halides is 2. The monoisotopic (exact) mass is 222 g/mol. The number of hydrogen-bond acceptors (Lipinski definition) is 2. The van der Waals surface area contributed by atoms with E-state index in [1.54, 1.807) is 7.11 Å². The van der Waals surface area contributed by atoms with E-state index < -0.39 is 9.93 Å². The highest BCUT2D eigenvalue weighted by Crippen LogP contribution is 2.59. The molecule has 0 bridgehead atoms. The van der Waals surface area contributed by atoms with Gasteiger partial charge in [0.1, 0.15) is 5.60 Å². The first-order valence-electron chi connectivity index (χ1n) is 4.53. The summed E-state index contributed by atoms with van der Waals surface area (Å²) in [5, 5.41) is 0. The van der Waals surface area contributed by atoms with Crippen LogP contribution in [0.5, 0.6) is 0 Å². The van der Waals surface area contributed by atoms with Crippen LogP contribution in [-0.2, 0) is 9.53 Å². The van der Waals surface area contributed by atoms with Crippen molar-refractivity contribution >= 4 is 29.0 Å². The molecule has 2 aliphatic carbocycles. The predicted octanol–water partition coefficient (Wildman–Crippen LogP) is 2.32. The van der Waals surface area contributed by atoms with E-state index in [0.717, 1.165) is 25.7 Å². The van der Waals surface area contributed by atoms with Gasteiger partial charge in [-0.2, -0.15) is 0 Å². The van der Waals surface area contributed by atoms with Crippen molar-refractivity contribution in [3.05, 3.63) is 0 Å². The fourth-order valence-corrected chi connectivity index (χ4v) is 3.48. The Labute approximate surface area is 87.5 Å². The fourth-order valence-electron chi connectivity index (χ4n) is 2.59. The summed E-state index contributed by atoms with van der Waals surface area (Å²) in [6, 6.07) is 0. The van der Waals surface area contributed by atoms with Crippen LogP contribution in [0.4, 0.5) is 0 Å². The molecular weight excluding hydrogens is 211 g/mol. The van der Waals surface area contributed by atoms with Crippen molar-refractivity contribution in [2.75, 3.05) is 7.11 Å². The molecule has 2 aliphatic rings. The molecule has 0 aliphatic heterocycles. The third-order valence-electron chi connectivity index (χ3n) is 3.34. The van der Waals surface area contributed by atoms with E-state index in [2.05, 4.69) is 0 Å². The number of rotatable bonds is 1. The van der Waals surface area contributed by atoms with Crippen molar-refractivity contribution in [3.8, 4) is 0 Å². The molecule has 13 heavy (non-hydrogen) atoms. The van der Waals surface area contributed by atoms with Gasteiger partial charge in [-0.1, -0.05) is 36.0 Å². The lowest BCUT2D eigenvalue weighted by molar-refractivity contribution is -0.179. The van der Waals surface area contributed by atoms with Crippen molar-refractivity contribution < 1.29 is 9.53 Å². The molecule has 0 spiro atoms. The van der Waals surface area contributed by atoms with Crippen molar-refractivity contribution in [1.29, 1.82) is 0 Å². The van der Waals surface area contributed by atoms with Crippen LogP contribution in [0.25, 0.3) is 0 Å². The molecule has 0 aromatic heterocycles. The minimum Gasteiger partial charge on any atom is -0.370 e. The summed E-state index contributed by atoms with van der Waals surface area (Å²) < 4.78 is 4.12. The summed E-state index contributed by atoms with van der Waals surface area (Å²) in [5.74, 6) is -0.148. The Kier molecular flexibility index (Phi) is 2.14. The first-order chi connectivity index (χ1) is 6.05. The van der Waals surface area contributed by atoms with Gasteiger partial charge in [0.25, 0.3) is 0 Å². The number of halogens is 2. The second-order valence-electron chi connectivity index (χ2n) is 3.84. The number of Topliss-reactive ketones (excluding diaryl/α,β-unsaturated/α-hetero) is 1. The Bertz CT molecular complexity index is 252. The summed E-state index contributed by atoms with van der Waals surface area (Å²) in [6.07, 6.45) is 3.78. The maximum absolute atomic E-state index is 11.7. The molecule has 2 rings (SSSR count). The zero-order chi connectivity index (χ0) is 9.69. The van der Waals surface area contributed by atoms with Gasteiger partial charge in [0.2, 0.25) is 5.78 Å². The van der Waals surface area contributed by atoms with Gasteiger partial charge in [-0.25, -0.2) is 0 Å². The second-order valence-corrected chi connectivity index (χ2v) is 5.23. The number of carbonyl (C=O) groups excluding carboxylic acids is 1. The van der Waals surface area contributed by atoms with E-state index in [-0.39, 0.29) is 11.7 Å². The van der Waals surface area contributed by atoms with Crippen LogP contribution in [0.1, 0.15) is 25.7 Å². The third kappa shape index (κ3) is 1.03. The Balaban J connectivity index is 2.29. The van der Waals surface area contributed by atoms with Crippen LogP contribution in [0.2, 0.25) is 0 Å². The maximum atomic E-state index is 11.7. The maximum Gasteiger partial charge on any atom is 0.201 e. The van der Waals surface area contributed by atoms with Crippen molar-refractivity contribution in [2.24, 2.45) is 5.92 Å². The number of hydrogen-bond donors (Lipinski definition) is 0. The van der Waals surface area contributed by atoms with Gasteiger partial charge >= 0.3 is 0 Å². The summed E-state index contributed by atoms with van der Waals surface area (Å²) in [5.41, 5.74) is -0.651. The molecule has 2 unspecified atom stereocenters. The molecule has 0 amide bonds. The van der Waals surface area contributed by atoms with E-state index in [4.69, 9.17) is 27.9 Å². The highest BCUT2D eigenvalue weighted by Gasteiger charge is 2.71. The molecule has 2 nitrogen and oxygen atoms in total. The third-order valence-corrected chi connectivity index (χ3v) is 4.21. The van der Waals surface area contributed by atoms with Gasteiger partial charge in [0.15, 0.2) is 4.33 Å². The van der Waals surface area contributed by atoms with Crippen molar-refractivity contribution in [3.63, 3.8) is 0 Å². The van der Waals surface area contributed by atoms with E-state index in [9.17, 15) is 4.79 Å². The molecule has 0 aromatic carbocycles. The van der Waals surface area contributed by atoms with Crippen molar-refractivity contribution in [2.45, 2.75) is 35.6 Å². The van der Waals surface area contributed by atoms with Crippen LogP contribution in [0, 0.1) is 5.92 Å². The molecule has 0 N–H and O–H groups in total. The topological polar surface area (TPSA) is 26.3 Å². The average Bonchev–Trinajstić information content (AvgIpc) is 2.16. The lowest BCUT2D eigenvalue weighted by Crippen LogP contribution is -2.71. The Morgan fingerprint density at radius 1 is 1.46 bits per heavy atom. The van der Waals surface area contributed by atoms with E-state index in [0.29, 0.717) is 0 Å². The predicted molar refractivity (Wildman–Crippen MR) is 51.1 cm³/mol.